The number of hydrogen-bond donors (Lipinski definition) is 0. The molecule has 0 saturated carbocycles. The monoisotopic (exact) mass is 394 g/mol. The number of aromatic nitrogens is 2. The van der Waals surface area contributed by atoms with Gasteiger partial charge in [0.15, 0.2) is 24.7 Å². The first-order chi connectivity index (χ1) is 13.9. The minimum atomic E-state index is -0.532. The zero-order valence-electron chi connectivity index (χ0n) is 16.6. The number of benzene rings is 2. The molecule has 0 saturated heterocycles. The molecule has 7 nitrogen and oxygen atoms in total. The van der Waals surface area contributed by atoms with Crippen LogP contribution in [0.25, 0.3) is 11.4 Å². The molecule has 0 spiro atoms. The molecule has 150 valence electrons. The van der Waals surface area contributed by atoms with Gasteiger partial charge in [-0.15, -0.1) is 0 Å². The van der Waals surface area contributed by atoms with E-state index in [4.69, 9.17) is 18.7 Å². The second-order valence-electron chi connectivity index (χ2n) is 7.61. The molecular weight excluding hydrogens is 372 g/mol. The highest BCUT2D eigenvalue weighted by atomic mass is 16.6. The Hall–Kier alpha value is -3.35. The van der Waals surface area contributed by atoms with E-state index in [9.17, 15) is 4.79 Å². The Kier molecular flexibility index (Phi) is 4.96. The second kappa shape index (κ2) is 7.58. The van der Waals surface area contributed by atoms with Crippen LogP contribution in [0.2, 0.25) is 0 Å². The number of aryl methyl sites for hydroxylation is 1. The van der Waals surface area contributed by atoms with E-state index < -0.39 is 5.97 Å². The molecule has 1 aromatic heterocycles. The molecule has 1 aliphatic rings. The number of rotatable bonds is 6. The summed E-state index contributed by atoms with van der Waals surface area (Å²) in [5.74, 6) is 1.36. The molecule has 29 heavy (non-hydrogen) atoms. The third-order valence-corrected chi connectivity index (χ3v) is 4.53. The van der Waals surface area contributed by atoms with Crippen molar-refractivity contribution in [2.24, 2.45) is 0 Å². The van der Waals surface area contributed by atoms with Gasteiger partial charge < -0.3 is 18.7 Å². The zero-order chi connectivity index (χ0) is 20.4. The summed E-state index contributed by atoms with van der Waals surface area (Å²) in [5.41, 5.74) is 2.76. The second-order valence-corrected chi connectivity index (χ2v) is 7.61. The van der Waals surface area contributed by atoms with Crippen molar-refractivity contribution in [3.8, 4) is 22.9 Å². The molecule has 4 rings (SSSR count). The molecule has 2 aromatic carbocycles. The summed E-state index contributed by atoms with van der Waals surface area (Å²) in [7, 11) is 0. The van der Waals surface area contributed by atoms with Crippen molar-refractivity contribution in [3.63, 3.8) is 0 Å². The smallest absolute Gasteiger partial charge is 0.344 e. The van der Waals surface area contributed by atoms with Crippen LogP contribution in [0.15, 0.2) is 47.0 Å². The van der Waals surface area contributed by atoms with E-state index in [0.717, 1.165) is 23.1 Å². The maximum atomic E-state index is 12.1. The van der Waals surface area contributed by atoms with Crippen molar-refractivity contribution >= 4 is 5.97 Å². The van der Waals surface area contributed by atoms with Crippen molar-refractivity contribution in [1.82, 2.24) is 10.1 Å². The number of hydrogen-bond acceptors (Lipinski definition) is 7. The average Bonchev–Trinajstić information content (AvgIpc) is 3.28. The lowest BCUT2D eigenvalue weighted by molar-refractivity contribution is -0.148. The van der Waals surface area contributed by atoms with Crippen LogP contribution in [-0.4, -0.2) is 28.3 Å². The third-order valence-electron chi connectivity index (χ3n) is 4.53. The Morgan fingerprint density at radius 3 is 2.76 bits per heavy atom. The van der Waals surface area contributed by atoms with Gasteiger partial charge in [-0.25, -0.2) is 4.79 Å². The Balaban J connectivity index is 1.31. The van der Waals surface area contributed by atoms with Gasteiger partial charge >= 0.3 is 5.97 Å². The lowest BCUT2D eigenvalue weighted by Gasteiger charge is -2.18. The fourth-order valence-corrected chi connectivity index (χ4v) is 3.15. The Morgan fingerprint density at radius 1 is 1.17 bits per heavy atom. The maximum Gasteiger partial charge on any atom is 0.344 e. The summed E-state index contributed by atoms with van der Waals surface area (Å²) >= 11 is 0. The van der Waals surface area contributed by atoms with E-state index >= 15 is 0 Å². The zero-order valence-corrected chi connectivity index (χ0v) is 16.6. The summed E-state index contributed by atoms with van der Waals surface area (Å²) in [4.78, 5) is 16.3. The van der Waals surface area contributed by atoms with Crippen molar-refractivity contribution in [2.75, 3.05) is 6.61 Å². The van der Waals surface area contributed by atoms with Gasteiger partial charge in [0.2, 0.25) is 5.82 Å². The van der Waals surface area contributed by atoms with Crippen LogP contribution >= 0.6 is 0 Å². The minimum absolute atomic E-state index is 0.114. The van der Waals surface area contributed by atoms with Gasteiger partial charge in [-0.05, 0) is 26.8 Å². The number of nitrogens with zero attached hydrogens (tertiary/aromatic N) is 2. The van der Waals surface area contributed by atoms with Crippen LogP contribution in [0.1, 0.15) is 30.9 Å². The lowest BCUT2D eigenvalue weighted by atomic mass is 10.0. The molecule has 0 unspecified atom stereocenters. The first-order valence-corrected chi connectivity index (χ1v) is 9.39. The maximum absolute atomic E-state index is 12.1. The highest BCUT2D eigenvalue weighted by Gasteiger charge is 2.32. The molecule has 3 aromatic rings. The Morgan fingerprint density at radius 2 is 1.97 bits per heavy atom. The number of carbonyl (C=O) groups is 1. The molecule has 0 radical (unpaired) electrons. The van der Waals surface area contributed by atoms with Gasteiger partial charge in [-0.2, -0.15) is 4.98 Å². The first kappa shape index (κ1) is 19.0. The van der Waals surface area contributed by atoms with Crippen LogP contribution in [-0.2, 0) is 22.6 Å². The topological polar surface area (TPSA) is 83.7 Å². The normalized spacial score (nSPS) is 14.2. The minimum Gasteiger partial charge on any atom is -0.483 e. The molecule has 0 fully saturated rings. The van der Waals surface area contributed by atoms with Gasteiger partial charge in [0.1, 0.15) is 5.60 Å². The van der Waals surface area contributed by atoms with Gasteiger partial charge in [0, 0.05) is 17.5 Å². The summed E-state index contributed by atoms with van der Waals surface area (Å²) < 4.78 is 21.9. The fourth-order valence-electron chi connectivity index (χ4n) is 3.15. The highest BCUT2D eigenvalue weighted by molar-refractivity contribution is 5.71. The van der Waals surface area contributed by atoms with Crippen molar-refractivity contribution < 1.29 is 23.5 Å². The predicted octanol–water partition coefficient (Wildman–Crippen LogP) is 3.88. The summed E-state index contributed by atoms with van der Waals surface area (Å²) in [6.45, 7) is 5.68. The van der Waals surface area contributed by atoms with Crippen LogP contribution in [0.5, 0.6) is 11.5 Å². The van der Waals surface area contributed by atoms with Crippen LogP contribution < -0.4 is 9.47 Å². The van der Waals surface area contributed by atoms with Crippen molar-refractivity contribution in [2.45, 2.75) is 39.4 Å². The summed E-state index contributed by atoms with van der Waals surface area (Å²) in [5, 5.41) is 3.92. The van der Waals surface area contributed by atoms with Crippen LogP contribution in [0.3, 0.4) is 0 Å². The largest absolute Gasteiger partial charge is 0.483 e. The molecule has 7 heteroatoms. The van der Waals surface area contributed by atoms with E-state index in [1.165, 1.54) is 0 Å². The number of carbonyl (C=O) groups excluding carboxylic acids is 1. The van der Waals surface area contributed by atoms with Crippen LogP contribution in [0.4, 0.5) is 0 Å². The van der Waals surface area contributed by atoms with E-state index in [0.29, 0.717) is 17.3 Å². The predicted molar refractivity (Wildman–Crippen MR) is 105 cm³/mol. The number of fused-ring (bicyclic) bond motifs is 1. The molecule has 0 atom stereocenters. The van der Waals surface area contributed by atoms with E-state index in [-0.39, 0.29) is 24.7 Å². The van der Waals surface area contributed by atoms with E-state index in [1.54, 1.807) is 6.07 Å². The van der Waals surface area contributed by atoms with Crippen LogP contribution in [0, 0.1) is 6.92 Å². The Labute approximate surface area is 168 Å². The first-order valence-electron chi connectivity index (χ1n) is 9.39. The third kappa shape index (κ3) is 4.39. The molecular formula is C22H22N2O5. The quantitative estimate of drug-likeness (QED) is 0.587. The number of esters is 1. The number of para-hydroxylation sites is 1. The van der Waals surface area contributed by atoms with Gasteiger partial charge in [-0.1, -0.05) is 47.1 Å². The fraction of sp³-hybridized carbons (Fsp3) is 0.318. The highest BCUT2D eigenvalue weighted by Crippen LogP contribution is 2.41. The van der Waals surface area contributed by atoms with Crippen molar-refractivity contribution in [3.05, 3.63) is 59.5 Å². The van der Waals surface area contributed by atoms with Gasteiger partial charge in [-0.3, -0.25) is 0 Å². The van der Waals surface area contributed by atoms with E-state index in [2.05, 4.69) is 10.1 Å². The molecule has 2 heterocycles. The summed E-state index contributed by atoms with van der Waals surface area (Å²) in [6, 6.07) is 13.4. The molecule has 0 amide bonds. The van der Waals surface area contributed by atoms with Gasteiger partial charge in [0.05, 0.1) is 0 Å². The van der Waals surface area contributed by atoms with E-state index in [1.807, 2.05) is 57.2 Å². The molecule has 0 N–H and O–H groups in total. The molecule has 1 aliphatic heterocycles. The number of ether oxygens (including phenoxy) is 3. The SMILES string of the molecule is Cc1ccc(-c2noc(COC(=O)COc3cccc4c3OC(C)(C)C4)n2)cc1. The molecule has 0 bridgehead atoms. The molecule has 0 aliphatic carbocycles. The summed E-state index contributed by atoms with van der Waals surface area (Å²) in [6.07, 6.45) is 0.796. The average molecular weight is 394 g/mol. The van der Waals surface area contributed by atoms with Gasteiger partial charge in [0.25, 0.3) is 5.89 Å². The van der Waals surface area contributed by atoms with Crippen molar-refractivity contribution in [1.29, 1.82) is 0 Å². The Bertz CT molecular complexity index is 1020. The lowest BCUT2D eigenvalue weighted by Crippen LogP contribution is -2.24. The standard InChI is InChI=1S/C22H22N2O5/c1-14-7-9-15(10-8-14)21-23-18(29-24-21)12-27-19(25)13-26-17-6-4-5-16-11-22(2,3)28-20(16)17/h4-10H,11-13H2,1-3H3.